The van der Waals surface area contributed by atoms with Gasteiger partial charge in [0.25, 0.3) is 0 Å². The van der Waals surface area contributed by atoms with Gasteiger partial charge in [0.2, 0.25) is 0 Å². The highest BCUT2D eigenvalue weighted by atomic mass is 19.3. The van der Waals surface area contributed by atoms with E-state index in [1.807, 2.05) is 38.1 Å². The Balaban J connectivity index is 1.62. The Kier molecular flexibility index (Phi) is 6.76. The van der Waals surface area contributed by atoms with Crippen molar-refractivity contribution in [2.75, 3.05) is 13.7 Å². The predicted octanol–water partition coefficient (Wildman–Crippen LogP) is 5.34. The van der Waals surface area contributed by atoms with Crippen LogP contribution in [-0.4, -0.2) is 31.2 Å². The summed E-state index contributed by atoms with van der Waals surface area (Å²) in [5.41, 5.74) is 1.43. The van der Waals surface area contributed by atoms with Gasteiger partial charge in [0, 0.05) is 19.0 Å². The molecule has 1 heterocycles. The number of nitrogens with zero attached hydrogens (tertiary/aromatic N) is 1. The number of hydrogen-bond acceptors (Lipinski definition) is 4. The Morgan fingerprint density at radius 2 is 1.93 bits per heavy atom. The fraction of sp³-hybridized carbons (Fsp3) is 0.318. The van der Waals surface area contributed by atoms with Crippen LogP contribution in [0.1, 0.15) is 31.2 Å². The molecule has 8 heteroatoms. The molecule has 1 aromatic heterocycles. The molecule has 160 valence electrons. The van der Waals surface area contributed by atoms with Crippen molar-refractivity contribution in [3.63, 3.8) is 0 Å². The van der Waals surface area contributed by atoms with Crippen LogP contribution in [0.15, 0.2) is 52.9 Å². The maximum atomic E-state index is 12.6. The summed E-state index contributed by atoms with van der Waals surface area (Å²) in [6, 6.07) is 13.1. The SMILES string of the molecule is CCOc1cccc2cc(C(C)NC(=O)N(C)Cc3ccc(OC(F)F)cc3)oc12. The molecule has 0 spiro atoms. The van der Waals surface area contributed by atoms with Gasteiger partial charge >= 0.3 is 12.6 Å². The van der Waals surface area contributed by atoms with E-state index >= 15 is 0 Å². The molecule has 0 bridgehead atoms. The minimum Gasteiger partial charge on any atom is -0.490 e. The van der Waals surface area contributed by atoms with Crippen LogP contribution in [0.25, 0.3) is 11.0 Å². The van der Waals surface area contributed by atoms with E-state index in [4.69, 9.17) is 9.15 Å². The minimum absolute atomic E-state index is 0.0748. The molecular formula is C22H24F2N2O4. The van der Waals surface area contributed by atoms with Gasteiger partial charge in [0.1, 0.15) is 11.5 Å². The predicted molar refractivity (Wildman–Crippen MR) is 109 cm³/mol. The first-order valence-corrected chi connectivity index (χ1v) is 9.58. The molecule has 0 saturated carbocycles. The number of para-hydroxylation sites is 1. The molecule has 3 aromatic rings. The highest BCUT2D eigenvalue weighted by Gasteiger charge is 2.18. The Morgan fingerprint density at radius 3 is 2.60 bits per heavy atom. The molecule has 2 amide bonds. The zero-order chi connectivity index (χ0) is 21.7. The van der Waals surface area contributed by atoms with Crippen molar-refractivity contribution in [2.45, 2.75) is 33.0 Å². The minimum atomic E-state index is -2.87. The van der Waals surface area contributed by atoms with Gasteiger partial charge in [-0.2, -0.15) is 8.78 Å². The van der Waals surface area contributed by atoms with Gasteiger partial charge in [-0.25, -0.2) is 4.79 Å². The fourth-order valence-corrected chi connectivity index (χ4v) is 3.03. The monoisotopic (exact) mass is 418 g/mol. The normalized spacial score (nSPS) is 12.1. The quantitative estimate of drug-likeness (QED) is 0.537. The second-order valence-corrected chi connectivity index (χ2v) is 6.81. The Morgan fingerprint density at radius 1 is 1.20 bits per heavy atom. The van der Waals surface area contributed by atoms with Crippen molar-refractivity contribution in [1.82, 2.24) is 10.2 Å². The number of halogens is 2. The lowest BCUT2D eigenvalue weighted by molar-refractivity contribution is -0.0498. The van der Waals surface area contributed by atoms with Gasteiger partial charge in [0.15, 0.2) is 11.3 Å². The second kappa shape index (κ2) is 9.47. The lowest BCUT2D eigenvalue weighted by atomic mass is 10.2. The summed E-state index contributed by atoms with van der Waals surface area (Å²) in [6.45, 7) is 1.71. The number of nitrogens with one attached hydrogen (secondary N) is 1. The van der Waals surface area contributed by atoms with Crippen molar-refractivity contribution in [1.29, 1.82) is 0 Å². The van der Waals surface area contributed by atoms with E-state index in [1.54, 1.807) is 19.2 Å². The standard InChI is InChI=1S/C22H24F2N2O4/c1-4-28-18-7-5-6-16-12-19(30-20(16)18)14(2)25-22(27)26(3)13-15-8-10-17(11-9-15)29-21(23)24/h5-12,14,21H,4,13H2,1-3H3,(H,25,27). The molecule has 0 aliphatic heterocycles. The van der Waals surface area contributed by atoms with E-state index in [0.29, 0.717) is 30.2 Å². The largest absolute Gasteiger partial charge is 0.490 e. The molecule has 6 nitrogen and oxygen atoms in total. The molecular weight excluding hydrogens is 394 g/mol. The number of hydrogen-bond donors (Lipinski definition) is 1. The molecule has 0 saturated heterocycles. The summed E-state index contributed by atoms with van der Waals surface area (Å²) in [7, 11) is 1.65. The van der Waals surface area contributed by atoms with Crippen molar-refractivity contribution < 1.29 is 27.5 Å². The highest BCUT2D eigenvalue weighted by molar-refractivity contribution is 5.84. The Hall–Kier alpha value is -3.29. The van der Waals surface area contributed by atoms with Crippen LogP contribution >= 0.6 is 0 Å². The number of urea groups is 1. The number of carbonyl (C=O) groups is 1. The maximum Gasteiger partial charge on any atom is 0.387 e. The van der Waals surface area contributed by atoms with Crippen LogP contribution in [0.3, 0.4) is 0 Å². The van der Waals surface area contributed by atoms with E-state index < -0.39 is 6.61 Å². The number of carbonyl (C=O) groups excluding carboxylic acids is 1. The third-order valence-corrected chi connectivity index (χ3v) is 4.51. The zero-order valence-corrected chi connectivity index (χ0v) is 17.0. The van der Waals surface area contributed by atoms with Gasteiger partial charge in [0.05, 0.1) is 12.6 Å². The third-order valence-electron chi connectivity index (χ3n) is 4.51. The van der Waals surface area contributed by atoms with E-state index in [-0.39, 0.29) is 17.8 Å². The van der Waals surface area contributed by atoms with Gasteiger partial charge in [-0.15, -0.1) is 0 Å². The van der Waals surface area contributed by atoms with E-state index in [2.05, 4.69) is 10.1 Å². The zero-order valence-electron chi connectivity index (χ0n) is 17.0. The topological polar surface area (TPSA) is 63.9 Å². The number of fused-ring (bicyclic) bond motifs is 1. The molecule has 1 N–H and O–H groups in total. The summed E-state index contributed by atoms with van der Waals surface area (Å²) in [4.78, 5) is 14.0. The van der Waals surface area contributed by atoms with Crippen LogP contribution in [0.4, 0.5) is 13.6 Å². The van der Waals surface area contributed by atoms with E-state index in [1.165, 1.54) is 17.0 Å². The van der Waals surface area contributed by atoms with Crippen LogP contribution in [0.5, 0.6) is 11.5 Å². The number of ether oxygens (including phenoxy) is 2. The third kappa shape index (κ3) is 5.20. The first-order chi connectivity index (χ1) is 14.4. The lowest BCUT2D eigenvalue weighted by Gasteiger charge is -2.20. The summed E-state index contributed by atoms with van der Waals surface area (Å²) in [5.74, 6) is 1.36. The van der Waals surface area contributed by atoms with E-state index in [9.17, 15) is 13.6 Å². The molecule has 3 rings (SSSR count). The lowest BCUT2D eigenvalue weighted by Crippen LogP contribution is -2.38. The van der Waals surface area contributed by atoms with Crippen LogP contribution in [-0.2, 0) is 6.54 Å². The van der Waals surface area contributed by atoms with Crippen molar-refractivity contribution in [3.05, 3.63) is 59.9 Å². The number of rotatable bonds is 8. The van der Waals surface area contributed by atoms with Crippen LogP contribution in [0.2, 0.25) is 0 Å². The first kappa shape index (κ1) is 21.4. The van der Waals surface area contributed by atoms with Crippen molar-refractivity contribution >= 4 is 17.0 Å². The maximum absolute atomic E-state index is 12.6. The first-order valence-electron chi connectivity index (χ1n) is 9.58. The van der Waals surface area contributed by atoms with E-state index in [0.717, 1.165) is 10.9 Å². The Bertz CT molecular complexity index is 988. The molecule has 0 radical (unpaired) electrons. The molecule has 1 atom stereocenters. The smallest absolute Gasteiger partial charge is 0.387 e. The summed E-state index contributed by atoms with van der Waals surface area (Å²) < 4.78 is 40.3. The number of furan rings is 1. The summed E-state index contributed by atoms with van der Waals surface area (Å²) in [5, 5.41) is 3.79. The molecule has 0 aliphatic carbocycles. The highest BCUT2D eigenvalue weighted by Crippen LogP contribution is 2.31. The van der Waals surface area contributed by atoms with Crippen LogP contribution < -0.4 is 14.8 Å². The van der Waals surface area contributed by atoms with Crippen molar-refractivity contribution in [3.8, 4) is 11.5 Å². The fourth-order valence-electron chi connectivity index (χ4n) is 3.03. The summed E-state index contributed by atoms with van der Waals surface area (Å²) >= 11 is 0. The molecule has 2 aromatic carbocycles. The number of alkyl halides is 2. The Labute approximate surface area is 173 Å². The molecule has 0 aliphatic rings. The average molecular weight is 418 g/mol. The van der Waals surface area contributed by atoms with Crippen molar-refractivity contribution in [2.24, 2.45) is 0 Å². The van der Waals surface area contributed by atoms with Gasteiger partial charge in [-0.3, -0.25) is 0 Å². The van der Waals surface area contributed by atoms with Crippen LogP contribution in [0, 0.1) is 0 Å². The average Bonchev–Trinajstić information content (AvgIpc) is 3.15. The molecule has 1 unspecified atom stereocenters. The van der Waals surface area contributed by atoms with Gasteiger partial charge < -0.3 is 24.1 Å². The van der Waals surface area contributed by atoms with Gasteiger partial charge in [-0.05, 0) is 43.7 Å². The number of benzene rings is 2. The summed E-state index contributed by atoms with van der Waals surface area (Å²) in [6.07, 6.45) is 0. The molecule has 30 heavy (non-hydrogen) atoms. The molecule has 0 fully saturated rings. The second-order valence-electron chi connectivity index (χ2n) is 6.81. The number of amides is 2. The van der Waals surface area contributed by atoms with Gasteiger partial charge in [-0.1, -0.05) is 24.3 Å².